The molecule has 2 aromatic rings. The molecule has 2 rings (SSSR count). The lowest BCUT2D eigenvalue weighted by molar-refractivity contribution is -0.137. The summed E-state index contributed by atoms with van der Waals surface area (Å²) in [7, 11) is 1.89. The van der Waals surface area contributed by atoms with Crippen molar-refractivity contribution in [1.29, 1.82) is 0 Å². The topological polar surface area (TPSA) is 39.1 Å². The molecule has 0 saturated heterocycles. The van der Waals surface area contributed by atoms with E-state index in [1.54, 1.807) is 0 Å². The predicted molar refractivity (Wildman–Crippen MR) is 81.3 cm³/mol. The molecule has 1 aromatic heterocycles. The molecule has 4 nitrogen and oxygen atoms in total. The lowest BCUT2D eigenvalue weighted by atomic mass is 10.2. The first-order chi connectivity index (χ1) is 10.8. The van der Waals surface area contributed by atoms with Gasteiger partial charge in [-0.2, -0.15) is 18.3 Å². The maximum atomic E-state index is 12.6. The van der Waals surface area contributed by atoms with Gasteiger partial charge in [0, 0.05) is 31.4 Å². The molecule has 0 spiro atoms. The molecule has 126 valence electrons. The van der Waals surface area contributed by atoms with Crippen molar-refractivity contribution >= 4 is 0 Å². The highest BCUT2D eigenvalue weighted by molar-refractivity contribution is 5.30. The molecule has 0 saturated carbocycles. The summed E-state index contributed by atoms with van der Waals surface area (Å²) in [6, 6.07) is 4.90. The van der Waals surface area contributed by atoms with Crippen LogP contribution in [0.5, 0.6) is 5.75 Å². The summed E-state index contributed by atoms with van der Waals surface area (Å²) in [6.07, 6.45) is -4.35. The molecule has 1 aromatic carbocycles. The van der Waals surface area contributed by atoms with Gasteiger partial charge in [0.2, 0.25) is 0 Å². The number of aromatic nitrogens is 2. The minimum Gasteiger partial charge on any atom is -0.492 e. The molecule has 0 aliphatic rings. The summed E-state index contributed by atoms with van der Waals surface area (Å²) in [6.45, 7) is 5.42. The molecule has 1 N–H and O–H groups in total. The monoisotopic (exact) mass is 327 g/mol. The predicted octanol–water partition coefficient (Wildman–Crippen LogP) is 3.22. The Morgan fingerprint density at radius 3 is 2.61 bits per heavy atom. The Morgan fingerprint density at radius 2 is 2.00 bits per heavy atom. The van der Waals surface area contributed by atoms with Crippen LogP contribution in [0, 0.1) is 13.8 Å². The van der Waals surface area contributed by atoms with Crippen molar-refractivity contribution in [1.82, 2.24) is 15.1 Å². The molecule has 0 aliphatic carbocycles. The molecule has 0 aliphatic heterocycles. The van der Waals surface area contributed by atoms with Gasteiger partial charge in [-0.05, 0) is 32.0 Å². The Morgan fingerprint density at radius 1 is 1.26 bits per heavy atom. The Labute approximate surface area is 133 Å². The van der Waals surface area contributed by atoms with Gasteiger partial charge in [-0.15, -0.1) is 0 Å². The zero-order valence-corrected chi connectivity index (χ0v) is 13.4. The van der Waals surface area contributed by atoms with Gasteiger partial charge >= 0.3 is 6.18 Å². The number of alkyl halides is 3. The first-order valence-corrected chi connectivity index (χ1v) is 7.29. The molecule has 1 heterocycles. The molecular formula is C16H20F3N3O. The second-order valence-corrected chi connectivity index (χ2v) is 5.32. The smallest absolute Gasteiger partial charge is 0.416 e. The van der Waals surface area contributed by atoms with Crippen molar-refractivity contribution < 1.29 is 17.9 Å². The zero-order valence-electron chi connectivity index (χ0n) is 13.4. The number of nitrogens with one attached hydrogen (secondary N) is 1. The first-order valence-electron chi connectivity index (χ1n) is 7.29. The van der Waals surface area contributed by atoms with Crippen molar-refractivity contribution in [3.05, 3.63) is 46.8 Å². The van der Waals surface area contributed by atoms with E-state index in [0.29, 0.717) is 19.7 Å². The number of benzene rings is 1. The zero-order chi connectivity index (χ0) is 17.0. The fourth-order valence-corrected chi connectivity index (χ4v) is 2.29. The van der Waals surface area contributed by atoms with Gasteiger partial charge in [0.1, 0.15) is 12.4 Å². The maximum Gasteiger partial charge on any atom is 0.416 e. The number of nitrogens with zero attached hydrogens (tertiary/aromatic N) is 2. The van der Waals surface area contributed by atoms with E-state index in [2.05, 4.69) is 10.4 Å². The van der Waals surface area contributed by atoms with Crippen molar-refractivity contribution in [2.24, 2.45) is 7.05 Å². The average Bonchev–Trinajstić information content (AvgIpc) is 2.72. The summed E-state index contributed by atoms with van der Waals surface area (Å²) in [4.78, 5) is 0. The summed E-state index contributed by atoms with van der Waals surface area (Å²) in [5.74, 6) is 0.218. The molecule has 0 atom stereocenters. The van der Waals surface area contributed by atoms with Crippen LogP contribution in [-0.2, 0) is 19.8 Å². The van der Waals surface area contributed by atoms with Crippen LogP contribution in [-0.4, -0.2) is 22.9 Å². The van der Waals surface area contributed by atoms with E-state index in [4.69, 9.17) is 4.74 Å². The summed E-state index contributed by atoms with van der Waals surface area (Å²) in [5.41, 5.74) is 2.49. The third-order valence-electron chi connectivity index (χ3n) is 3.67. The molecular weight excluding hydrogens is 307 g/mol. The molecule has 0 fully saturated rings. The van der Waals surface area contributed by atoms with Crippen molar-refractivity contribution in [3.63, 3.8) is 0 Å². The minimum absolute atomic E-state index is 0.218. The Bertz CT molecular complexity index is 665. The van der Waals surface area contributed by atoms with Gasteiger partial charge in [0.25, 0.3) is 0 Å². The van der Waals surface area contributed by atoms with Crippen molar-refractivity contribution in [2.45, 2.75) is 26.6 Å². The molecule has 23 heavy (non-hydrogen) atoms. The largest absolute Gasteiger partial charge is 0.492 e. The summed E-state index contributed by atoms with van der Waals surface area (Å²) < 4.78 is 45.0. The normalized spacial score (nSPS) is 11.7. The van der Waals surface area contributed by atoms with Gasteiger partial charge in [-0.3, -0.25) is 4.68 Å². The number of rotatable bonds is 6. The quantitative estimate of drug-likeness (QED) is 0.828. The number of ether oxygens (including phenoxy) is 1. The lowest BCUT2D eigenvalue weighted by Crippen LogP contribution is -2.21. The second-order valence-electron chi connectivity index (χ2n) is 5.32. The lowest BCUT2D eigenvalue weighted by Gasteiger charge is -2.11. The summed E-state index contributed by atoms with van der Waals surface area (Å²) in [5, 5.41) is 7.54. The van der Waals surface area contributed by atoms with Crippen LogP contribution in [0.4, 0.5) is 13.2 Å². The van der Waals surface area contributed by atoms with Crippen molar-refractivity contribution in [3.8, 4) is 5.75 Å². The van der Waals surface area contributed by atoms with E-state index < -0.39 is 11.7 Å². The fourth-order valence-electron chi connectivity index (χ4n) is 2.29. The Balaban J connectivity index is 1.80. The van der Waals surface area contributed by atoms with E-state index in [1.807, 2.05) is 25.6 Å². The van der Waals surface area contributed by atoms with Gasteiger partial charge < -0.3 is 10.1 Å². The van der Waals surface area contributed by atoms with Crippen LogP contribution < -0.4 is 10.1 Å². The van der Waals surface area contributed by atoms with Crippen LogP contribution in [0.2, 0.25) is 0 Å². The molecule has 0 bridgehead atoms. The number of hydrogen-bond acceptors (Lipinski definition) is 3. The number of hydrogen-bond donors (Lipinski definition) is 1. The van der Waals surface area contributed by atoms with Crippen LogP contribution in [0.15, 0.2) is 24.3 Å². The van der Waals surface area contributed by atoms with Gasteiger partial charge in [-0.25, -0.2) is 0 Å². The first kappa shape index (κ1) is 17.3. The van der Waals surface area contributed by atoms with Crippen molar-refractivity contribution in [2.75, 3.05) is 13.2 Å². The van der Waals surface area contributed by atoms with Crippen LogP contribution in [0.3, 0.4) is 0 Å². The number of aryl methyl sites for hydroxylation is 2. The standard InChI is InChI=1S/C16H20F3N3O/c1-11-15(12(2)22(3)21-11)10-20-7-8-23-14-6-4-5-13(9-14)16(17,18)19/h4-6,9,20H,7-8,10H2,1-3H3. The van der Waals surface area contributed by atoms with E-state index in [9.17, 15) is 13.2 Å². The highest BCUT2D eigenvalue weighted by Gasteiger charge is 2.30. The summed E-state index contributed by atoms with van der Waals surface area (Å²) >= 11 is 0. The molecule has 7 heteroatoms. The number of halogens is 3. The van der Waals surface area contributed by atoms with Crippen LogP contribution in [0.1, 0.15) is 22.5 Å². The molecule has 0 unspecified atom stereocenters. The van der Waals surface area contributed by atoms with E-state index in [-0.39, 0.29) is 5.75 Å². The molecule has 0 amide bonds. The third-order valence-corrected chi connectivity index (χ3v) is 3.67. The Kier molecular flexibility index (Phi) is 5.30. The molecule has 0 radical (unpaired) electrons. The van der Waals surface area contributed by atoms with Gasteiger partial charge in [0.05, 0.1) is 11.3 Å². The van der Waals surface area contributed by atoms with E-state index in [1.165, 1.54) is 12.1 Å². The fraction of sp³-hybridized carbons (Fsp3) is 0.438. The van der Waals surface area contributed by atoms with E-state index in [0.717, 1.165) is 29.1 Å². The maximum absolute atomic E-state index is 12.6. The third kappa shape index (κ3) is 4.48. The highest BCUT2D eigenvalue weighted by atomic mass is 19.4. The minimum atomic E-state index is -4.35. The van der Waals surface area contributed by atoms with Gasteiger partial charge in [0.15, 0.2) is 0 Å². The van der Waals surface area contributed by atoms with Crippen LogP contribution in [0.25, 0.3) is 0 Å². The SMILES string of the molecule is Cc1nn(C)c(C)c1CNCCOc1cccc(C(F)(F)F)c1. The highest BCUT2D eigenvalue weighted by Crippen LogP contribution is 2.31. The Hall–Kier alpha value is -2.02. The van der Waals surface area contributed by atoms with Gasteiger partial charge in [-0.1, -0.05) is 6.07 Å². The average molecular weight is 327 g/mol. The van der Waals surface area contributed by atoms with E-state index >= 15 is 0 Å². The second kappa shape index (κ2) is 7.04. The van der Waals surface area contributed by atoms with Crippen LogP contribution >= 0.6 is 0 Å².